The Kier molecular flexibility index (Phi) is 5.83. The maximum absolute atomic E-state index is 13.6. The summed E-state index contributed by atoms with van der Waals surface area (Å²) in [7, 11) is 0. The van der Waals surface area contributed by atoms with Crippen LogP contribution in [0.25, 0.3) is 0 Å². The maximum Gasteiger partial charge on any atom is 0.335 e. The van der Waals surface area contributed by atoms with Crippen LogP contribution in [-0.4, -0.2) is 35.0 Å². The molecule has 142 valence electrons. The largest absolute Gasteiger partial charge is 0.478 e. The summed E-state index contributed by atoms with van der Waals surface area (Å²) in [6.45, 7) is 3.26. The molecule has 7 heteroatoms. The Balaban J connectivity index is 1.74. The van der Waals surface area contributed by atoms with Crippen LogP contribution < -0.4 is 10.9 Å². The van der Waals surface area contributed by atoms with Crippen molar-refractivity contribution >= 4 is 11.9 Å². The van der Waals surface area contributed by atoms with E-state index < -0.39 is 5.97 Å². The van der Waals surface area contributed by atoms with Crippen LogP contribution >= 0.6 is 0 Å². The van der Waals surface area contributed by atoms with Gasteiger partial charge in [0.15, 0.2) is 0 Å². The fourth-order valence-electron chi connectivity index (χ4n) is 3.30. The van der Waals surface area contributed by atoms with Gasteiger partial charge in [-0.3, -0.25) is 10.2 Å². The van der Waals surface area contributed by atoms with Gasteiger partial charge in [0.1, 0.15) is 5.82 Å². The number of hydrogen-bond donors (Lipinski definition) is 3. The molecule has 1 saturated heterocycles. The number of nitrogens with one attached hydrogen (secondary N) is 2. The molecule has 1 amide bonds. The number of hydrazine groups is 1. The Labute approximate surface area is 157 Å². The molecule has 0 aliphatic carbocycles. The third-order valence-corrected chi connectivity index (χ3v) is 4.77. The number of amides is 1. The standard InChI is InChI=1S/C20H22FN3O3/c1-2-24(12-13-6-8-14(9-7-13)20(26)27)19(25)17-11-22-23-18(17)15-4-3-5-16(21)10-15/h3-10,17-18,22-23H,2,11-12H2,1H3,(H,26,27). The average molecular weight is 371 g/mol. The van der Waals surface area contributed by atoms with E-state index in [0.29, 0.717) is 19.6 Å². The molecule has 3 N–H and O–H groups in total. The summed E-state index contributed by atoms with van der Waals surface area (Å²) in [5.41, 5.74) is 7.86. The van der Waals surface area contributed by atoms with Gasteiger partial charge in [-0.05, 0) is 42.3 Å². The van der Waals surface area contributed by atoms with Crippen molar-refractivity contribution in [2.75, 3.05) is 13.1 Å². The molecule has 0 bridgehead atoms. The summed E-state index contributed by atoms with van der Waals surface area (Å²) in [6, 6.07) is 12.4. The van der Waals surface area contributed by atoms with Gasteiger partial charge in [-0.1, -0.05) is 24.3 Å². The number of hydrogen-bond acceptors (Lipinski definition) is 4. The summed E-state index contributed by atoms with van der Waals surface area (Å²) in [5.74, 6) is -1.71. The van der Waals surface area contributed by atoms with Crippen molar-refractivity contribution in [3.63, 3.8) is 0 Å². The molecule has 0 spiro atoms. The molecule has 1 aliphatic heterocycles. The van der Waals surface area contributed by atoms with E-state index in [1.807, 2.05) is 6.92 Å². The molecule has 1 heterocycles. The predicted molar refractivity (Wildman–Crippen MR) is 98.3 cm³/mol. The van der Waals surface area contributed by atoms with Crippen molar-refractivity contribution in [1.82, 2.24) is 15.8 Å². The lowest BCUT2D eigenvalue weighted by molar-refractivity contribution is -0.135. The van der Waals surface area contributed by atoms with Crippen molar-refractivity contribution in [3.05, 3.63) is 71.0 Å². The Morgan fingerprint density at radius 3 is 2.59 bits per heavy atom. The molecule has 27 heavy (non-hydrogen) atoms. The zero-order valence-electron chi connectivity index (χ0n) is 15.0. The van der Waals surface area contributed by atoms with Gasteiger partial charge in [0, 0.05) is 19.6 Å². The molecule has 2 aromatic rings. The second-order valence-electron chi connectivity index (χ2n) is 6.52. The van der Waals surface area contributed by atoms with Gasteiger partial charge < -0.3 is 10.0 Å². The van der Waals surface area contributed by atoms with Crippen molar-refractivity contribution in [1.29, 1.82) is 0 Å². The Hall–Kier alpha value is -2.77. The number of carbonyl (C=O) groups excluding carboxylic acids is 1. The van der Waals surface area contributed by atoms with Crippen molar-refractivity contribution < 1.29 is 19.1 Å². The van der Waals surface area contributed by atoms with Crippen LogP contribution in [0.4, 0.5) is 4.39 Å². The minimum atomic E-state index is -0.981. The first-order valence-corrected chi connectivity index (χ1v) is 8.84. The molecule has 0 radical (unpaired) electrons. The van der Waals surface area contributed by atoms with Crippen molar-refractivity contribution in [2.24, 2.45) is 5.92 Å². The van der Waals surface area contributed by atoms with E-state index in [2.05, 4.69) is 10.9 Å². The normalized spacial score (nSPS) is 19.0. The zero-order valence-corrected chi connectivity index (χ0v) is 15.0. The van der Waals surface area contributed by atoms with Crippen LogP contribution in [0.1, 0.15) is 34.5 Å². The first-order valence-electron chi connectivity index (χ1n) is 8.84. The smallest absolute Gasteiger partial charge is 0.335 e. The fraction of sp³-hybridized carbons (Fsp3) is 0.300. The van der Waals surface area contributed by atoms with E-state index in [9.17, 15) is 14.0 Å². The second kappa shape index (κ2) is 8.28. The minimum absolute atomic E-state index is 0.0356. The lowest BCUT2D eigenvalue weighted by atomic mass is 9.93. The second-order valence-corrected chi connectivity index (χ2v) is 6.52. The third-order valence-electron chi connectivity index (χ3n) is 4.77. The number of aromatic carboxylic acids is 1. The predicted octanol–water partition coefficient (Wildman–Crippen LogP) is 2.34. The summed E-state index contributed by atoms with van der Waals surface area (Å²) in [4.78, 5) is 25.8. The number of nitrogens with zero attached hydrogens (tertiary/aromatic N) is 1. The zero-order chi connectivity index (χ0) is 19.4. The Morgan fingerprint density at radius 1 is 1.22 bits per heavy atom. The molecule has 0 aromatic heterocycles. The highest BCUT2D eigenvalue weighted by Crippen LogP contribution is 2.27. The first kappa shape index (κ1) is 19.0. The van der Waals surface area contributed by atoms with Gasteiger partial charge >= 0.3 is 5.97 Å². The number of carbonyl (C=O) groups is 2. The van der Waals surface area contributed by atoms with Gasteiger partial charge in [-0.15, -0.1) is 0 Å². The highest BCUT2D eigenvalue weighted by molar-refractivity contribution is 5.87. The number of halogens is 1. The number of carboxylic acid groups (broad SMARTS) is 1. The fourth-order valence-corrected chi connectivity index (χ4v) is 3.30. The number of rotatable bonds is 6. The van der Waals surface area contributed by atoms with Crippen LogP contribution in [0, 0.1) is 11.7 Å². The van der Waals surface area contributed by atoms with E-state index >= 15 is 0 Å². The quantitative estimate of drug-likeness (QED) is 0.726. The molecule has 1 fully saturated rings. The van der Waals surface area contributed by atoms with Gasteiger partial charge in [0.25, 0.3) is 0 Å². The maximum atomic E-state index is 13.6. The Morgan fingerprint density at radius 2 is 1.96 bits per heavy atom. The number of carboxylic acids is 1. The topological polar surface area (TPSA) is 81.7 Å². The Bertz CT molecular complexity index is 825. The van der Waals surface area contributed by atoms with Gasteiger partial charge in [-0.25, -0.2) is 14.6 Å². The molecular formula is C20H22FN3O3. The van der Waals surface area contributed by atoms with Crippen LogP contribution in [0.15, 0.2) is 48.5 Å². The van der Waals surface area contributed by atoms with Gasteiger partial charge in [-0.2, -0.15) is 0 Å². The molecule has 2 unspecified atom stereocenters. The molecule has 0 saturated carbocycles. The van der Waals surface area contributed by atoms with Gasteiger partial charge in [0.2, 0.25) is 5.91 Å². The molecule has 6 nitrogen and oxygen atoms in total. The lowest BCUT2D eigenvalue weighted by Crippen LogP contribution is -2.38. The van der Waals surface area contributed by atoms with E-state index in [1.165, 1.54) is 24.3 Å². The van der Waals surface area contributed by atoms with Crippen LogP contribution in [0.5, 0.6) is 0 Å². The third kappa shape index (κ3) is 4.32. The van der Waals surface area contributed by atoms with E-state index in [1.54, 1.807) is 29.2 Å². The van der Waals surface area contributed by atoms with Crippen molar-refractivity contribution in [3.8, 4) is 0 Å². The summed E-state index contributed by atoms with van der Waals surface area (Å²) in [5, 5.41) is 8.99. The first-order chi connectivity index (χ1) is 13.0. The molecule has 2 atom stereocenters. The molecule has 2 aromatic carbocycles. The SMILES string of the molecule is CCN(Cc1ccc(C(=O)O)cc1)C(=O)C1CNNC1c1cccc(F)c1. The minimum Gasteiger partial charge on any atom is -0.478 e. The summed E-state index contributed by atoms with van der Waals surface area (Å²) < 4.78 is 13.6. The van der Waals surface area contributed by atoms with E-state index in [0.717, 1.165) is 11.1 Å². The lowest BCUT2D eigenvalue weighted by Gasteiger charge is -2.27. The highest BCUT2D eigenvalue weighted by Gasteiger charge is 2.36. The molecular weight excluding hydrogens is 349 g/mol. The molecule has 1 aliphatic rings. The van der Waals surface area contributed by atoms with Crippen molar-refractivity contribution in [2.45, 2.75) is 19.5 Å². The summed E-state index contributed by atoms with van der Waals surface area (Å²) in [6.07, 6.45) is 0. The van der Waals surface area contributed by atoms with E-state index in [-0.39, 0.29) is 29.2 Å². The number of benzene rings is 2. The summed E-state index contributed by atoms with van der Waals surface area (Å²) >= 11 is 0. The monoisotopic (exact) mass is 371 g/mol. The van der Waals surface area contributed by atoms with Crippen LogP contribution in [0.2, 0.25) is 0 Å². The molecule has 3 rings (SSSR count). The van der Waals surface area contributed by atoms with Crippen LogP contribution in [-0.2, 0) is 11.3 Å². The highest BCUT2D eigenvalue weighted by atomic mass is 19.1. The van der Waals surface area contributed by atoms with Crippen LogP contribution in [0.3, 0.4) is 0 Å². The van der Waals surface area contributed by atoms with E-state index in [4.69, 9.17) is 5.11 Å². The van der Waals surface area contributed by atoms with Gasteiger partial charge in [0.05, 0.1) is 17.5 Å². The average Bonchev–Trinajstić information content (AvgIpc) is 3.16.